The Morgan fingerprint density at radius 2 is 1.90 bits per heavy atom. The first-order valence-corrected chi connectivity index (χ1v) is 12.7. The zero-order valence-corrected chi connectivity index (χ0v) is 22.1. The third-order valence-electron chi connectivity index (χ3n) is 5.95. The van der Waals surface area contributed by atoms with Crippen LogP contribution in [0.4, 0.5) is 18.0 Å². The van der Waals surface area contributed by atoms with E-state index in [1.807, 2.05) is 6.07 Å². The molecule has 0 aromatic heterocycles. The van der Waals surface area contributed by atoms with E-state index in [0.29, 0.717) is 12.5 Å². The molecular formula is C28H29F3N2O8. The molecule has 0 spiro atoms. The molecular weight excluding hydrogens is 549 g/mol. The molecule has 2 N–H and O–H groups in total. The molecule has 0 radical (unpaired) electrons. The highest BCUT2D eigenvalue weighted by Gasteiger charge is 2.33. The van der Waals surface area contributed by atoms with Crippen LogP contribution < -0.4 is 10.1 Å². The summed E-state index contributed by atoms with van der Waals surface area (Å²) in [5, 5.41) is 11.5. The normalized spacial score (nSPS) is 15.8. The van der Waals surface area contributed by atoms with E-state index in [4.69, 9.17) is 14.2 Å². The SMILES string of the molecule is CC/C=C/c1c(F)cc(F)c(F)c1OCC(=O)[C@H](CC(=O)O)NC(=O)C1CN(C(=O)OCc2ccccc2)CCO1. The van der Waals surface area contributed by atoms with Crippen molar-refractivity contribution in [3.05, 3.63) is 71.1 Å². The molecule has 2 aromatic carbocycles. The fourth-order valence-corrected chi connectivity index (χ4v) is 3.83. The summed E-state index contributed by atoms with van der Waals surface area (Å²) in [4.78, 5) is 50.8. The average Bonchev–Trinajstić information content (AvgIpc) is 2.96. The maximum atomic E-state index is 14.4. The van der Waals surface area contributed by atoms with Crippen molar-refractivity contribution in [3.8, 4) is 5.75 Å². The second kappa shape index (κ2) is 14.8. The number of carbonyl (C=O) groups is 4. The second-order valence-electron chi connectivity index (χ2n) is 8.97. The van der Waals surface area contributed by atoms with Crippen LogP contribution in [0.25, 0.3) is 6.08 Å². The van der Waals surface area contributed by atoms with E-state index in [0.717, 1.165) is 11.6 Å². The number of allylic oxidation sites excluding steroid dienone is 1. The summed E-state index contributed by atoms with van der Waals surface area (Å²) in [5.41, 5.74) is 0.322. The Morgan fingerprint density at radius 1 is 1.17 bits per heavy atom. The Morgan fingerprint density at radius 3 is 2.59 bits per heavy atom. The van der Waals surface area contributed by atoms with Crippen LogP contribution in [0.5, 0.6) is 5.75 Å². The summed E-state index contributed by atoms with van der Waals surface area (Å²) in [6, 6.07) is 7.60. The number of nitrogens with zero attached hydrogens (tertiary/aromatic N) is 1. The highest BCUT2D eigenvalue weighted by molar-refractivity contribution is 5.94. The van der Waals surface area contributed by atoms with Crippen molar-refractivity contribution in [2.24, 2.45) is 0 Å². The van der Waals surface area contributed by atoms with E-state index in [1.165, 1.54) is 11.0 Å². The maximum absolute atomic E-state index is 14.4. The van der Waals surface area contributed by atoms with Gasteiger partial charge in [-0.1, -0.05) is 49.4 Å². The van der Waals surface area contributed by atoms with Crippen LogP contribution in [-0.4, -0.2) is 72.2 Å². The number of ketones is 1. The minimum Gasteiger partial charge on any atom is -0.482 e. The third-order valence-corrected chi connectivity index (χ3v) is 5.95. The molecule has 2 amide bonds. The van der Waals surface area contributed by atoms with Crippen LogP contribution >= 0.6 is 0 Å². The van der Waals surface area contributed by atoms with E-state index < -0.39 is 77.7 Å². The lowest BCUT2D eigenvalue weighted by molar-refractivity contribution is -0.143. The molecule has 0 aliphatic carbocycles. The second-order valence-corrected chi connectivity index (χ2v) is 8.97. The van der Waals surface area contributed by atoms with Gasteiger partial charge < -0.3 is 29.5 Å². The highest BCUT2D eigenvalue weighted by Crippen LogP contribution is 2.29. The van der Waals surface area contributed by atoms with Gasteiger partial charge in [0, 0.05) is 12.6 Å². The molecule has 1 heterocycles. The van der Waals surface area contributed by atoms with Crippen LogP contribution in [0.1, 0.15) is 30.9 Å². The molecule has 41 heavy (non-hydrogen) atoms. The van der Waals surface area contributed by atoms with Gasteiger partial charge in [0.05, 0.1) is 25.1 Å². The number of halogens is 3. The molecule has 1 aliphatic heterocycles. The minimum atomic E-state index is -1.65. The number of amides is 2. The van der Waals surface area contributed by atoms with Gasteiger partial charge in [0.15, 0.2) is 23.5 Å². The standard InChI is InChI=1S/C28H29F3N2O8/c1-2-3-9-18-19(29)12-20(30)25(31)26(18)40-16-22(34)21(13-24(35)36)32-27(37)23-14-33(10-11-39-23)28(38)41-15-17-7-5-4-6-8-17/h3-9,12,21,23H,2,10-11,13-16H2,1H3,(H,32,37)(H,35,36)/b9-3+/t21-,23?/m0/s1. The average molecular weight is 579 g/mol. The number of aliphatic carboxylic acids is 1. The highest BCUT2D eigenvalue weighted by atomic mass is 19.2. The predicted molar refractivity (Wildman–Crippen MR) is 138 cm³/mol. The Balaban J connectivity index is 1.64. The van der Waals surface area contributed by atoms with Gasteiger partial charge in [0.1, 0.15) is 25.1 Å². The molecule has 13 heteroatoms. The van der Waals surface area contributed by atoms with Crippen LogP contribution in [0.15, 0.2) is 42.5 Å². The molecule has 1 fully saturated rings. The Hall–Kier alpha value is -4.39. The molecule has 1 aliphatic rings. The number of rotatable bonds is 12. The van der Waals surface area contributed by atoms with Crippen molar-refractivity contribution >= 4 is 29.8 Å². The predicted octanol–water partition coefficient (Wildman–Crippen LogP) is 3.47. The minimum absolute atomic E-state index is 0.00877. The zero-order valence-electron chi connectivity index (χ0n) is 22.1. The summed E-state index contributed by atoms with van der Waals surface area (Å²) in [5.74, 6) is -8.44. The summed E-state index contributed by atoms with van der Waals surface area (Å²) < 4.78 is 58.2. The Bertz CT molecular complexity index is 1290. The van der Waals surface area contributed by atoms with Gasteiger partial charge in [-0.25, -0.2) is 13.6 Å². The molecule has 0 bridgehead atoms. The number of benzene rings is 2. The number of hydrogen-bond donors (Lipinski definition) is 2. The molecule has 0 saturated carbocycles. The molecule has 2 aromatic rings. The summed E-state index contributed by atoms with van der Waals surface area (Å²) in [6.07, 6.45) is 0.243. The van der Waals surface area contributed by atoms with Gasteiger partial charge in [-0.15, -0.1) is 0 Å². The number of morpholine rings is 1. The van der Waals surface area contributed by atoms with E-state index in [1.54, 1.807) is 31.2 Å². The quantitative estimate of drug-likeness (QED) is 0.366. The van der Waals surface area contributed by atoms with Crippen LogP contribution in [-0.2, 0) is 30.5 Å². The van der Waals surface area contributed by atoms with Gasteiger partial charge in [-0.2, -0.15) is 4.39 Å². The van der Waals surface area contributed by atoms with Crippen molar-refractivity contribution in [2.75, 3.05) is 26.3 Å². The van der Waals surface area contributed by atoms with Crippen molar-refractivity contribution in [1.29, 1.82) is 0 Å². The first kappa shape index (κ1) is 31.1. The van der Waals surface area contributed by atoms with Crippen LogP contribution in [0.3, 0.4) is 0 Å². The first-order chi connectivity index (χ1) is 19.6. The molecule has 220 valence electrons. The van der Waals surface area contributed by atoms with Crippen molar-refractivity contribution < 1.29 is 51.7 Å². The molecule has 10 nitrogen and oxygen atoms in total. The van der Waals surface area contributed by atoms with Gasteiger partial charge >= 0.3 is 12.1 Å². The van der Waals surface area contributed by atoms with Crippen molar-refractivity contribution in [2.45, 2.75) is 38.5 Å². The number of carboxylic acids is 1. The van der Waals surface area contributed by atoms with Crippen molar-refractivity contribution in [3.63, 3.8) is 0 Å². The summed E-state index contributed by atoms with van der Waals surface area (Å²) in [6.45, 7) is 0.597. The lowest BCUT2D eigenvalue weighted by Crippen LogP contribution is -2.55. The number of ether oxygens (including phenoxy) is 3. The topological polar surface area (TPSA) is 131 Å². The van der Waals surface area contributed by atoms with Crippen LogP contribution in [0, 0.1) is 17.5 Å². The maximum Gasteiger partial charge on any atom is 0.410 e. The number of carbonyl (C=O) groups excluding carboxylic acids is 3. The van der Waals surface area contributed by atoms with E-state index in [-0.39, 0.29) is 26.3 Å². The zero-order chi connectivity index (χ0) is 29.9. The van der Waals surface area contributed by atoms with E-state index >= 15 is 0 Å². The number of Topliss-reactive ketones (excluding diaryl/α,β-unsaturated/α-hetero) is 1. The fourth-order valence-electron chi connectivity index (χ4n) is 3.83. The molecule has 1 unspecified atom stereocenters. The Labute approximate surface area is 233 Å². The number of nitrogens with one attached hydrogen (secondary N) is 1. The largest absolute Gasteiger partial charge is 0.482 e. The van der Waals surface area contributed by atoms with Gasteiger partial charge in [-0.3, -0.25) is 14.4 Å². The van der Waals surface area contributed by atoms with Crippen molar-refractivity contribution in [1.82, 2.24) is 10.2 Å². The number of hydrogen-bond acceptors (Lipinski definition) is 7. The molecule has 2 atom stereocenters. The molecule has 3 rings (SSSR count). The lowest BCUT2D eigenvalue weighted by atomic mass is 10.1. The van der Waals surface area contributed by atoms with Gasteiger partial charge in [0.25, 0.3) is 5.91 Å². The number of carboxylic acid groups (broad SMARTS) is 1. The first-order valence-electron chi connectivity index (χ1n) is 12.7. The van der Waals surface area contributed by atoms with E-state index in [9.17, 15) is 37.5 Å². The van der Waals surface area contributed by atoms with Gasteiger partial charge in [0.2, 0.25) is 5.82 Å². The lowest BCUT2D eigenvalue weighted by Gasteiger charge is -2.32. The van der Waals surface area contributed by atoms with Gasteiger partial charge in [-0.05, 0) is 12.0 Å². The molecule has 1 saturated heterocycles. The van der Waals surface area contributed by atoms with Crippen LogP contribution in [0.2, 0.25) is 0 Å². The Kier molecular flexibility index (Phi) is 11.3. The monoisotopic (exact) mass is 578 g/mol. The van der Waals surface area contributed by atoms with E-state index in [2.05, 4.69) is 5.32 Å². The fraction of sp³-hybridized carbons (Fsp3) is 0.357. The summed E-state index contributed by atoms with van der Waals surface area (Å²) >= 11 is 0. The smallest absolute Gasteiger partial charge is 0.410 e. The third kappa shape index (κ3) is 8.80. The summed E-state index contributed by atoms with van der Waals surface area (Å²) in [7, 11) is 0.